The third kappa shape index (κ3) is 9.49. The molecule has 2 aromatic heterocycles. The lowest BCUT2D eigenvalue weighted by Crippen LogP contribution is -2.62. The zero-order valence-electron chi connectivity index (χ0n) is 38.3. The number of cyclic esters (lactones) is 1. The quantitative estimate of drug-likeness (QED) is 0.148. The van der Waals surface area contributed by atoms with Crippen molar-refractivity contribution >= 4 is 34.6 Å². The number of hydrogen-bond donors (Lipinski definition) is 4. The average molecular weight is 864 g/mol. The Morgan fingerprint density at radius 2 is 1.87 bits per heavy atom. The Labute approximate surface area is 371 Å². The molecular weight excluding hydrogens is 799 g/mol. The number of hydrazine groups is 1. The van der Waals surface area contributed by atoms with Crippen LogP contribution in [-0.2, 0) is 48.0 Å². The summed E-state index contributed by atoms with van der Waals surface area (Å²) in [4.78, 5) is 63.1. The monoisotopic (exact) mass is 863 g/mol. The fourth-order valence-electron chi connectivity index (χ4n) is 9.84. The first kappa shape index (κ1) is 45.7. The second-order valence-corrected chi connectivity index (χ2v) is 18.8. The summed E-state index contributed by atoms with van der Waals surface area (Å²) in [5.74, 6) is -1.99. The first-order chi connectivity index (χ1) is 30.0. The Bertz CT molecular complexity index is 2360. The molecule has 0 aliphatic carbocycles. The SMILES string of the molecule is CCn1c(-c2cccnc2[C@H](C)OC)c2c3cc(ccc31)-c1cc(O)cc(c1)C[C@H](NC(=O)C(C(C)C)N(C)C(=O)[C@H]1CCN[C@H]1C)C(=O)N1CCC[C@H](N1)C(=O)OCC(C)(C)C2. The van der Waals surface area contributed by atoms with Gasteiger partial charge in [-0.15, -0.1) is 0 Å². The maximum atomic E-state index is 14.7. The lowest BCUT2D eigenvalue weighted by molar-refractivity contribution is -0.155. The molecule has 7 rings (SSSR count). The number of fused-ring (bicyclic) bond motifs is 6. The molecule has 2 saturated heterocycles. The number of pyridine rings is 1. The molecule has 3 amide bonds. The van der Waals surface area contributed by atoms with Crippen LogP contribution in [0.4, 0.5) is 0 Å². The topological polar surface area (TPSA) is 167 Å². The van der Waals surface area contributed by atoms with E-state index in [0.29, 0.717) is 44.3 Å². The number of methoxy groups -OCH3 is 1. The van der Waals surface area contributed by atoms with Gasteiger partial charge in [0.15, 0.2) is 0 Å². The molecule has 0 spiro atoms. The molecule has 2 fully saturated rings. The lowest BCUT2D eigenvalue weighted by Gasteiger charge is -2.37. The van der Waals surface area contributed by atoms with Crippen molar-refractivity contribution < 1.29 is 33.8 Å². The van der Waals surface area contributed by atoms with Crippen molar-refractivity contribution in [3.05, 3.63) is 71.5 Å². The first-order valence-electron chi connectivity index (χ1n) is 22.5. The molecule has 3 aliphatic heterocycles. The van der Waals surface area contributed by atoms with E-state index < -0.39 is 41.3 Å². The number of ether oxygens (including phenoxy) is 2. The lowest BCUT2D eigenvalue weighted by atomic mass is 9.84. The highest BCUT2D eigenvalue weighted by atomic mass is 16.5. The van der Waals surface area contributed by atoms with E-state index in [1.165, 1.54) is 9.91 Å². The zero-order chi connectivity index (χ0) is 45.3. The molecule has 4 aromatic rings. The number of phenols is 1. The van der Waals surface area contributed by atoms with Crippen LogP contribution in [-0.4, -0.2) is 106 Å². The minimum Gasteiger partial charge on any atom is -0.508 e. The highest BCUT2D eigenvalue weighted by molar-refractivity contribution is 5.96. The van der Waals surface area contributed by atoms with Crippen LogP contribution in [0.25, 0.3) is 33.3 Å². The summed E-state index contributed by atoms with van der Waals surface area (Å²) in [6, 6.07) is 12.8. The molecule has 3 aliphatic rings. The van der Waals surface area contributed by atoms with Crippen molar-refractivity contribution in [2.75, 3.05) is 33.9 Å². The predicted octanol–water partition coefficient (Wildman–Crippen LogP) is 5.93. The van der Waals surface area contributed by atoms with Gasteiger partial charge in [0.2, 0.25) is 11.8 Å². The Kier molecular flexibility index (Phi) is 13.6. The third-order valence-corrected chi connectivity index (χ3v) is 13.2. The van der Waals surface area contributed by atoms with E-state index in [2.05, 4.69) is 59.6 Å². The number of carbonyl (C=O) groups is 4. The van der Waals surface area contributed by atoms with Crippen molar-refractivity contribution in [3.63, 3.8) is 0 Å². The van der Waals surface area contributed by atoms with Crippen molar-refractivity contribution in [3.8, 4) is 28.1 Å². The number of amides is 3. The van der Waals surface area contributed by atoms with Gasteiger partial charge in [-0.3, -0.25) is 29.2 Å². The number of benzene rings is 2. The maximum absolute atomic E-state index is 14.7. The van der Waals surface area contributed by atoms with Crippen LogP contribution >= 0.6 is 0 Å². The largest absolute Gasteiger partial charge is 0.508 e. The van der Waals surface area contributed by atoms with Crippen LogP contribution < -0.4 is 16.1 Å². The summed E-state index contributed by atoms with van der Waals surface area (Å²) in [5.41, 5.74) is 9.72. The van der Waals surface area contributed by atoms with E-state index >= 15 is 0 Å². The molecule has 5 heterocycles. The van der Waals surface area contributed by atoms with Gasteiger partial charge in [-0.2, -0.15) is 0 Å². The number of nitrogens with one attached hydrogen (secondary N) is 3. The normalized spacial score (nSPS) is 22.7. The zero-order valence-corrected chi connectivity index (χ0v) is 38.3. The predicted molar refractivity (Wildman–Crippen MR) is 242 cm³/mol. The number of esters is 1. The fourth-order valence-corrected chi connectivity index (χ4v) is 9.84. The van der Waals surface area contributed by atoms with E-state index in [1.54, 1.807) is 32.5 Å². The second kappa shape index (κ2) is 18.8. The molecular formula is C49H65N7O7. The van der Waals surface area contributed by atoms with Gasteiger partial charge in [0.1, 0.15) is 23.9 Å². The smallest absolute Gasteiger partial charge is 0.324 e. The summed E-state index contributed by atoms with van der Waals surface area (Å²) >= 11 is 0. The van der Waals surface area contributed by atoms with E-state index in [-0.39, 0.29) is 48.7 Å². The average Bonchev–Trinajstić information content (AvgIpc) is 3.83. The van der Waals surface area contributed by atoms with Crippen LogP contribution in [0.3, 0.4) is 0 Å². The first-order valence-corrected chi connectivity index (χ1v) is 22.5. The van der Waals surface area contributed by atoms with Gasteiger partial charge in [-0.1, -0.05) is 39.8 Å². The summed E-state index contributed by atoms with van der Waals surface area (Å²) < 4.78 is 14.2. The van der Waals surface area contributed by atoms with Crippen LogP contribution in [0.5, 0.6) is 5.75 Å². The van der Waals surface area contributed by atoms with E-state index in [4.69, 9.17) is 14.5 Å². The van der Waals surface area contributed by atoms with Gasteiger partial charge in [-0.25, -0.2) is 5.43 Å². The number of aryl methyl sites for hydroxylation is 1. The molecule has 2 aromatic carbocycles. The minimum atomic E-state index is -1.11. The standard InChI is InChI=1S/C49H65N7O7/c1-10-55-41-16-15-32-25-37(41)38(44(55)36-13-11-18-51-42(36)30(5)62-9)26-49(6,7)27-63-48(61)39-14-12-20-56(53-39)47(60)40(23-31-21-33(32)24-34(57)22-31)52-45(58)43(28(2)3)54(8)46(59)35-17-19-50-29(35)4/h11,13,15-16,18,21-22,24-25,28-30,35,39-40,43,50,53,57H,10,12,14,17,19-20,23,26-27H2,1-9H3,(H,52,58)/t29-,30-,35-,39-,40-,43?/m0/s1. The number of hydrogen-bond acceptors (Lipinski definition) is 10. The van der Waals surface area contributed by atoms with Crippen molar-refractivity contribution in [2.45, 2.75) is 117 Å². The van der Waals surface area contributed by atoms with E-state index in [1.807, 2.05) is 45.9 Å². The molecule has 0 saturated carbocycles. The van der Waals surface area contributed by atoms with Gasteiger partial charge in [0.05, 0.1) is 30.0 Å². The number of aromatic hydroxyl groups is 1. The van der Waals surface area contributed by atoms with Gasteiger partial charge in [0, 0.05) is 67.8 Å². The van der Waals surface area contributed by atoms with Gasteiger partial charge >= 0.3 is 5.97 Å². The highest BCUT2D eigenvalue weighted by Crippen LogP contribution is 2.42. The molecule has 14 heteroatoms. The van der Waals surface area contributed by atoms with Crippen molar-refractivity contribution in [2.24, 2.45) is 17.3 Å². The Morgan fingerprint density at radius 1 is 1.10 bits per heavy atom. The number of phenolic OH excluding ortho intramolecular Hbond substituents is 1. The third-order valence-electron chi connectivity index (χ3n) is 13.2. The maximum Gasteiger partial charge on any atom is 0.324 e. The molecule has 63 heavy (non-hydrogen) atoms. The molecule has 6 bridgehead atoms. The number of nitrogens with zero attached hydrogens (tertiary/aromatic N) is 4. The van der Waals surface area contributed by atoms with Crippen LogP contribution in [0.1, 0.15) is 90.7 Å². The van der Waals surface area contributed by atoms with Crippen molar-refractivity contribution in [1.29, 1.82) is 0 Å². The summed E-state index contributed by atoms with van der Waals surface area (Å²) in [5, 5.41) is 20.1. The molecule has 6 atom stereocenters. The van der Waals surface area contributed by atoms with E-state index in [9.17, 15) is 24.3 Å². The van der Waals surface area contributed by atoms with Gasteiger partial charge < -0.3 is 34.7 Å². The summed E-state index contributed by atoms with van der Waals surface area (Å²) in [6.45, 7) is 15.9. The van der Waals surface area contributed by atoms with Gasteiger partial charge in [0.25, 0.3) is 5.91 Å². The highest BCUT2D eigenvalue weighted by Gasteiger charge is 2.40. The fraction of sp³-hybridized carbons (Fsp3) is 0.531. The van der Waals surface area contributed by atoms with E-state index in [0.717, 1.165) is 51.1 Å². The van der Waals surface area contributed by atoms with Crippen LogP contribution in [0.2, 0.25) is 0 Å². The van der Waals surface area contributed by atoms with Crippen LogP contribution in [0, 0.1) is 17.3 Å². The Balaban J connectivity index is 1.34. The number of aromatic nitrogens is 2. The van der Waals surface area contributed by atoms with Crippen LogP contribution in [0.15, 0.2) is 54.7 Å². The molecule has 0 radical (unpaired) electrons. The number of carbonyl (C=O) groups excluding carboxylic acids is 4. The minimum absolute atomic E-state index is 0.0137. The summed E-state index contributed by atoms with van der Waals surface area (Å²) in [6.07, 6.45) is 3.78. The molecule has 1 unspecified atom stereocenters. The number of likely N-dealkylation sites (N-methyl/N-ethyl adjacent to an activating group) is 1. The summed E-state index contributed by atoms with van der Waals surface area (Å²) in [7, 11) is 3.34. The molecule has 4 N–H and O–H groups in total. The Hall–Kier alpha value is -5.31. The van der Waals surface area contributed by atoms with Gasteiger partial charge in [-0.05, 0) is 118 Å². The number of rotatable bonds is 9. The molecule has 14 nitrogen and oxygen atoms in total. The molecule has 338 valence electrons. The Morgan fingerprint density at radius 3 is 2.57 bits per heavy atom. The van der Waals surface area contributed by atoms with Crippen molar-refractivity contribution in [1.82, 2.24) is 35.5 Å². The second-order valence-electron chi connectivity index (χ2n) is 18.8.